The fourth-order valence-corrected chi connectivity index (χ4v) is 0.776. The maximum atomic E-state index is 10.5. The van der Waals surface area contributed by atoms with Crippen LogP contribution < -0.4 is 0 Å². The molecule has 0 aromatic rings. The van der Waals surface area contributed by atoms with Crippen LogP contribution in [0.2, 0.25) is 0 Å². The number of hydrogen-bond donors (Lipinski definition) is 0. The molecule has 0 rings (SSSR count). The molecule has 0 aromatic heterocycles. The third-order valence-electron chi connectivity index (χ3n) is 0.907. The lowest BCUT2D eigenvalue weighted by Crippen LogP contribution is -2.24. The van der Waals surface area contributed by atoms with Crippen molar-refractivity contribution in [1.82, 2.24) is 0 Å². The third-order valence-corrected chi connectivity index (χ3v) is 1.30. The van der Waals surface area contributed by atoms with Gasteiger partial charge in [-0.25, -0.2) is 0 Å². The molecule has 68 valence electrons. The summed E-state index contributed by atoms with van der Waals surface area (Å²) in [5, 5.41) is -1.70. The maximum Gasteiger partial charge on any atom is 0.303 e. The molecule has 0 N–H and O–H groups in total. The normalized spacial score (nSPS) is 11.9. The van der Waals surface area contributed by atoms with Gasteiger partial charge in [0.25, 0.3) is 5.24 Å². The molecule has 0 saturated carbocycles. The Labute approximate surface area is 78.8 Å². The summed E-state index contributed by atoms with van der Waals surface area (Å²) in [5.74, 6) is -0.688. The number of esters is 1. The van der Waals surface area contributed by atoms with Crippen molar-refractivity contribution in [1.29, 1.82) is 0 Å². The molecule has 0 spiro atoms. The molecule has 1 atom stereocenters. The summed E-state index contributed by atoms with van der Waals surface area (Å²) in [6.45, 7) is 1.10. The summed E-state index contributed by atoms with van der Waals surface area (Å²) in [5.41, 5.74) is 0. The lowest BCUT2D eigenvalue weighted by atomic mass is 10.3. The summed E-state index contributed by atoms with van der Waals surface area (Å²) < 4.78 is 4.40. The van der Waals surface area contributed by atoms with Gasteiger partial charge in [-0.05, 0) is 23.2 Å². The van der Waals surface area contributed by atoms with Crippen molar-refractivity contribution in [3.8, 4) is 0 Å². The fourth-order valence-electron chi connectivity index (χ4n) is 0.514. The highest BCUT2D eigenvalue weighted by Crippen LogP contribution is 2.06. The smallest absolute Gasteiger partial charge is 0.303 e. The quantitative estimate of drug-likeness (QED) is 0.512. The van der Waals surface area contributed by atoms with Crippen LogP contribution in [0.15, 0.2) is 0 Å². The van der Waals surface area contributed by atoms with Gasteiger partial charge < -0.3 is 4.74 Å². The summed E-state index contributed by atoms with van der Waals surface area (Å²) in [7, 11) is 0. The van der Waals surface area contributed by atoms with Gasteiger partial charge in [-0.15, -0.1) is 0 Å². The molecule has 4 nitrogen and oxygen atoms in total. The second kappa shape index (κ2) is 5.11. The Hall–Kier alpha value is -0.610. The van der Waals surface area contributed by atoms with Crippen LogP contribution in [0.3, 0.4) is 0 Å². The second-order valence-electron chi connectivity index (χ2n) is 1.96. The average Bonchev–Trinajstić information content (AvgIpc) is 1.83. The Balaban J connectivity index is 4.14. The van der Waals surface area contributed by atoms with Gasteiger partial charge in [-0.1, -0.05) is 0 Å². The van der Waals surface area contributed by atoms with Crippen molar-refractivity contribution in [2.24, 2.45) is 0 Å². The highest BCUT2D eigenvalue weighted by molar-refractivity contribution is 6.66. The van der Waals surface area contributed by atoms with Gasteiger partial charge in [0.05, 0.1) is 6.42 Å². The van der Waals surface area contributed by atoms with Gasteiger partial charge in [0.15, 0.2) is 6.10 Å². The number of carbonyl (C=O) groups is 3. The Morgan fingerprint density at radius 2 is 1.83 bits per heavy atom. The van der Waals surface area contributed by atoms with Gasteiger partial charge in [-0.3, -0.25) is 14.4 Å². The van der Waals surface area contributed by atoms with Crippen molar-refractivity contribution in [2.75, 3.05) is 0 Å². The average molecular weight is 213 g/mol. The highest BCUT2D eigenvalue weighted by Gasteiger charge is 2.21. The molecule has 0 saturated heterocycles. The third kappa shape index (κ3) is 5.09. The van der Waals surface area contributed by atoms with E-state index in [1.54, 1.807) is 0 Å². The van der Waals surface area contributed by atoms with Crippen LogP contribution in [0.25, 0.3) is 0 Å². The Bertz CT molecular complexity index is 198. The zero-order chi connectivity index (χ0) is 9.72. The molecule has 0 unspecified atom stereocenters. The van der Waals surface area contributed by atoms with E-state index in [1.165, 1.54) is 0 Å². The molecular formula is C6H6Cl2O4. The zero-order valence-electron chi connectivity index (χ0n) is 6.17. The predicted molar refractivity (Wildman–Crippen MR) is 41.9 cm³/mol. The molecule has 0 aliphatic rings. The van der Waals surface area contributed by atoms with Crippen molar-refractivity contribution in [3.63, 3.8) is 0 Å². The molecule has 0 heterocycles. The first-order chi connectivity index (χ1) is 5.43. The minimum Gasteiger partial charge on any atom is -0.453 e. The molecule has 0 radical (unpaired) electrons. The summed E-state index contributed by atoms with van der Waals surface area (Å²) >= 11 is 9.96. The number of hydrogen-bond acceptors (Lipinski definition) is 4. The minimum absolute atomic E-state index is 0.399. The van der Waals surface area contributed by atoms with E-state index in [9.17, 15) is 14.4 Å². The molecule has 0 aliphatic carbocycles. The van der Waals surface area contributed by atoms with Crippen LogP contribution in [0.1, 0.15) is 13.3 Å². The lowest BCUT2D eigenvalue weighted by molar-refractivity contribution is -0.151. The van der Waals surface area contributed by atoms with Crippen LogP contribution in [0.5, 0.6) is 0 Å². The largest absolute Gasteiger partial charge is 0.453 e. The van der Waals surface area contributed by atoms with Crippen molar-refractivity contribution >= 4 is 39.7 Å². The molecule has 12 heavy (non-hydrogen) atoms. The Morgan fingerprint density at radius 3 is 2.08 bits per heavy atom. The first kappa shape index (κ1) is 11.4. The SMILES string of the molecule is CC(=O)O[C@H](CC(=O)Cl)C(=O)Cl. The van der Waals surface area contributed by atoms with E-state index in [2.05, 4.69) is 4.74 Å². The molecule has 6 heteroatoms. The minimum atomic E-state index is -1.27. The fraction of sp³-hybridized carbons (Fsp3) is 0.500. The maximum absolute atomic E-state index is 10.5. The summed E-state index contributed by atoms with van der Waals surface area (Å²) in [6, 6.07) is 0. The first-order valence-corrected chi connectivity index (χ1v) is 3.74. The topological polar surface area (TPSA) is 60.4 Å². The van der Waals surface area contributed by atoms with Crippen molar-refractivity contribution < 1.29 is 19.1 Å². The van der Waals surface area contributed by atoms with E-state index in [0.717, 1.165) is 6.92 Å². The van der Waals surface area contributed by atoms with E-state index in [-0.39, 0.29) is 0 Å². The van der Waals surface area contributed by atoms with Crippen LogP contribution in [-0.4, -0.2) is 22.6 Å². The number of carbonyl (C=O) groups excluding carboxylic acids is 3. The van der Waals surface area contributed by atoms with E-state index in [4.69, 9.17) is 23.2 Å². The monoisotopic (exact) mass is 212 g/mol. The number of ether oxygens (including phenoxy) is 1. The van der Waals surface area contributed by atoms with Crippen LogP contribution >= 0.6 is 23.2 Å². The van der Waals surface area contributed by atoms with Gasteiger partial charge in [-0.2, -0.15) is 0 Å². The highest BCUT2D eigenvalue weighted by atomic mass is 35.5. The summed E-state index contributed by atoms with van der Waals surface area (Å²) in [4.78, 5) is 31.1. The van der Waals surface area contributed by atoms with Crippen molar-refractivity contribution in [3.05, 3.63) is 0 Å². The Morgan fingerprint density at radius 1 is 1.33 bits per heavy atom. The second-order valence-corrected chi connectivity index (χ2v) is 2.76. The molecule has 0 amide bonds. The van der Waals surface area contributed by atoms with Gasteiger partial charge >= 0.3 is 5.97 Å². The Kier molecular flexibility index (Phi) is 4.85. The number of halogens is 2. The van der Waals surface area contributed by atoms with Crippen LogP contribution in [0.4, 0.5) is 0 Å². The number of rotatable bonds is 4. The van der Waals surface area contributed by atoms with Gasteiger partial charge in [0, 0.05) is 6.92 Å². The van der Waals surface area contributed by atoms with E-state index < -0.39 is 29.0 Å². The molecule has 0 fully saturated rings. The van der Waals surface area contributed by atoms with Crippen LogP contribution in [-0.2, 0) is 19.1 Å². The predicted octanol–water partition coefficient (Wildman–Crippen LogP) is 0.839. The zero-order valence-corrected chi connectivity index (χ0v) is 7.69. The molecular weight excluding hydrogens is 207 g/mol. The van der Waals surface area contributed by atoms with Gasteiger partial charge in [0.1, 0.15) is 0 Å². The van der Waals surface area contributed by atoms with E-state index >= 15 is 0 Å². The van der Waals surface area contributed by atoms with Gasteiger partial charge in [0.2, 0.25) is 5.24 Å². The van der Waals surface area contributed by atoms with Crippen LogP contribution in [0, 0.1) is 0 Å². The molecule has 0 bridgehead atoms. The first-order valence-electron chi connectivity index (χ1n) is 2.98. The van der Waals surface area contributed by atoms with E-state index in [0.29, 0.717) is 0 Å². The molecule has 0 aromatic carbocycles. The van der Waals surface area contributed by atoms with Crippen molar-refractivity contribution in [2.45, 2.75) is 19.4 Å². The standard InChI is InChI=1S/C6H6Cl2O4/c1-3(9)12-4(6(8)11)2-5(7)10/h4H,2H2,1H3/t4-/m1/s1. The lowest BCUT2D eigenvalue weighted by Gasteiger charge is -2.09. The molecule has 0 aliphatic heterocycles. The summed E-state index contributed by atoms with van der Waals surface area (Å²) in [6.07, 6.45) is -1.67. The van der Waals surface area contributed by atoms with E-state index in [1.807, 2.05) is 0 Å².